The molecule has 3 rings (SSSR count). The Bertz CT molecular complexity index is 884. The molecule has 142 valence electrons. The number of amides is 2. The monoisotopic (exact) mass is 398 g/mol. The first-order valence-electron chi connectivity index (χ1n) is 7.92. The van der Waals surface area contributed by atoms with Crippen molar-refractivity contribution in [2.75, 3.05) is 0 Å². The molecule has 2 amide bonds. The summed E-state index contributed by atoms with van der Waals surface area (Å²) in [6, 6.07) is 8.57. The molecule has 27 heavy (non-hydrogen) atoms. The number of halogens is 4. The minimum Gasteiger partial charge on any atom is -0.507 e. The topological polar surface area (TPSA) is 78.4 Å². The van der Waals surface area contributed by atoms with Crippen LogP contribution in [-0.4, -0.2) is 16.9 Å². The molecule has 2 aromatic rings. The van der Waals surface area contributed by atoms with E-state index >= 15 is 0 Å². The summed E-state index contributed by atoms with van der Waals surface area (Å²) in [6.07, 6.45) is -3.94. The molecule has 1 aliphatic carbocycles. The number of nitrogens with one attached hydrogen (secondary N) is 2. The number of phenols is 1. The summed E-state index contributed by atoms with van der Waals surface area (Å²) in [4.78, 5) is 24.1. The number of carbonyl (C=O) groups is 2. The molecule has 3 N–H and O–H groups in total. The average Bonchev–Trinajstić information content (AvgIpc) is 3.41. The second-order valence-corrected chi connectivity index (χ2v) is 6.61. The minimum absolute atomic E-state index is 0.0992. The zero-order valence-electron chi connectivity index (χ0n) is 13.7. The quantitative estimate of drug-likeness (QED) is 0.691. The van der Waals surface area contributed by atoms with Gasteiger partial charge in [-0.25, -0.2) is 0 Å². The third kappa shape index (κ3) is 4.33. The van der Waals surface area contributed by atoms with Crippen molar-refractivity contribution in [1.29, 1.82) is 0 Å². The highest BCUT2D eigenvalue weighted by Gasteiger charge is 2.44. The van der Waals surface area contributed by atoms with E-state index in [1.807, 2.05) is 0 Å². The van der Waals surface area contributed by atoms with Crippen LogP contribution in [-0.2, 0) is 11.0 Å². The Labute approximate surface area is 157 Å². The Morgan fingerprint density at radius 1 is 1.07 bits per heavy atom. The number of phenolic OH excluding ortho intramolecular Hbond substituents is 1. The first kappa shape index (κ1) is 19.0. The molecule has 1 saturated carbocycles. The number of carbonyl (C=O) groups excluding carboxylic acids is 2. The third-order valence-corrected chi connectivity index (χ3v) is 4.53. The Balaban J connectivity index is 1.56. The molecule has 5 nitrogen and oxygen atoms in total. The van der Waals surface area contributed by atoms with Gasteiger partial charge in [0.05, 0.1) is 11.1 Å². The van der Waals surface area contributed by atoms with Gasteiger partial charge in [0.15, 0.2) is 0 Å². The summed E-state index contributed by atoms with van der Waals surface area (Å²) in [5.74, 6) is -2.15. The van der Waals surface area contributed by atoms with E-state index in [2.05, 4.69) is 10.9 Å². The van der Waals surface area contributed by atoms with Gasteiger partial charge < -0.3 is 5.11 Å². The molecule has 2 aromatic carbocycles. The number of alkyl halides is 3. The van der Waals surface area contributed by atoms with Crippen molar-refractivity contribution in [3.63, 3.8) is 0 Å². The zero-order valence-corrected chi connectivity index (χ0v) is 14.4. The fourth-order valence-electron chi connectivity index (χ4n) is 2.74. The van der Waals surface area contributed by atoms with Gasteiger partial charge in [0.1, 0.15) is 5.75 Å². The number of hydrogen-bond donors (Lipinski definition) is 3. The van der Waals surface area contributed by atoms with E-state index in [-0.39, 0.29) is 22.3 Å². The van der Waals surface area contributed by atoms with E-state index in [1.54, 1.807) is 0 Å². The highest BCUT2D eigenvalue weighted by molar-refractivity contribution is 6.31. The van der Waals surface area contributed by atoms with Crippen molar-refractivity contribution in [2.45, 2.75) is 18.5 Å². The van der Waals surface area contributed by atoms with E-state index in [0.717, 1.165) is 12.1 Å². The van der Waals surface area contributed by atoms with Crippen molar-refractivity contribution in [1.82, 2.24) is 10.9 Å². The molecule has 0 spiro atoms. The van der Waals surface area contributed by atoms with Crippen LogP contribution in [0.1, 0.15) is 33.8 Å². The van der Waals surface area contributed by atoms with Crippen LogP contribution in [0.3, 0.4) is 0 Å². The normalized spacial score (nSPS) is 18.7. The molecule has 1 aliphatic rings. The smallest absolute Gasteiger partial charge is 0.416 e. The van der Waals surface area contributed by atoms with Gasteiger partial charge in [-0.1, -0.05) is 23.7 Å². The molecule has 1 fully saturated rings. The maximum Gasteiger partial charge on any atom is 0.416 e. The van der Waals surface area contributed by atoms with E-state index in [0.29, 0.717) is 12.0 Å². The second-order valence-electron chi connectivity index (χ2n) is 6.17. The number of rotatable bonds is 3. The van der Waals surface area contributed by atoms with Crippen LogP contribution in [0, 0.1) is 5.92 Å². The molecular weight excluding hydrogens is 385 g/mol. The van der Waals surface area contributed by atoms with E-state index in [1.165, 1.54) is 30.3 Å². The number of hydrazine groups is 1. The summed E-state index contributed by atoms with van der Waals surface area (Å²) in [5.41, 5.74) is 4.21. The summed E-state index contributed by atoms with van der Waals surface area (Å²) in [5, 5.41) is 9.89. The first-order chi connectivity index (χ1) is 12.7. The molecule has 0 heterocycles. The van der Waals surface area contributed by atoms with Crippen molar-refractivity contribution in [2.24, 2.45) is 5.92 Å². The summed E-state index contributed by atoms with van der Waals surface area (Å²) >= 11 is 5.76. The molecule has 9 heteroatoms. The Morgan fingerprint density at radius 3 is 2.37 bits per heavy atom. The summed E-state index contributed by atoms with van der Waals surface area (Å²) < 4.78 is 37.7. The number of benzene rings is 2. The lowest BCUT2D eigenvalue weighted by Gasteiger charge is -2.09. The summed E-state index contributed by atoms with van der Waals surface area (Å²) in [7, 11) is 0. The fraction of sp³-hybridized carbons (Fsp3) is 0.222. The molecule has 2 unspecified atom stereocenters. The molecule has 0 radical (unpaired) electrons. The van der Waals surface area contributed by atoms with Crippen LogP contribution in [0.4, 0.5) is 13.2 Å². The molecule has 0 bridgehead atoms. The molecule has 0 aliphatic heterocycles. The maximum atomic E-state index is 12.6. The van der Waals surface area contributed by atoms with Crippen LogP contribution in [0.15, 0.2) is 42.5 Å². The van der Waals surface area contributed by atoms with Gasteiger partial charge >= 0.3 is 6.18 Å². The van der Waals surface area contributed by atoms with Crippen LogP contribution < -0.4 is 10.9 Å². The fourth-order valence-corrected chi connectivity index (χ4v) is 2.91. The third-order valence-electron chi connectivity index (χ3n) is 4.30. The van der Waals surface area contributed by atoms with Gasteiger partial charge in [0, 0.05) is 10.9 Å². The average molecular weight is 399 g/mol. The maximum absolute atomic E-state index is 12.6. The lowest BCUT2D eigenvalue weighted by Crippen LogP contribution is -2.42. The predicted octanol–water partition coefficient (Wildman–Crippen LogP) is 3.63. The van der Waals surface area contributed by atoms with Gasteiger partial charge in [-0.2, -0.15) is 13.2 Å². The van der Waals surface area contributed by atoms with Crippen molar-refractivity contribution >= 4 is 23.4 Å². The minimum atomic E-state index is -4.41. The van der Waals surface area contributed by atoms with Crippen molar-refractivity contribution < 1.29 is 27.9 Å². The van der Waals surface area contributed by atoms with Crippen LogP contribution in [0.2, 0.25) is 5.02 Å². The van der Waals surface area contributed by atoms with Gasteiger partial charge in [0.25, 0.3) is 5.91 Å². The largest absolute Gasteiger partial charge is 0.507 e. The molecule has 0 aromatic heterocycles. The highest BCUT2D eigenvalue weighted by Crippen LogP contribution is 2.47. The Morgan fingerprint density at radius 2 is 1.74 bits per heavy atom. The van der Waals surface area contributed by atoms with E-state index in [4.69, 9.17) is 11.6 Å². The van der Waals surface area contributed by atoms with Crippen molar-refractivity contribution in [3.05, 3.63) is 64.2 Å². The number of hydrogen-bond acceptors (Lipinski definition) is 3. The van der Waals surface area contributed by atoms with Crippen LogP contribution in [0.25, 0.3) is 0 Å². The summed E-state index contributed by atoms with van der Waals surface area (Å²) in [6.45, 7) is 0. The SMILES string of the molecule is O=C(NNC(=O)C1CC1c1ccc(C(F)(F)F)cc1)c1cc(Cl)ccc1O. The molecule has 0 saturated heterocycles. The van der Waals surface area contributed by atoms with Crippen LogP contribution >= 0.6 is 11.6 Å². The lowest BCUT2D eigenvalue weighted by molar-refractivity contribution is -0.137. The lowest BCUT2D eigenvalue weighted by atomic mass is 10.1. The van der Waals surface area contributed by atoms with Gasteiger partial charge in [-0.15, -0.1) is 0 Å². The van der Waals surface area contributed by atoms with Crippen molar-refractivity contribution in [3.8, 4) is 5.75 Å². The standard InChI is InChI=1S/C18H14ClF3N2O3/c19-11-5-6-15(25)14(7-11)17(27)24-23-16(26)13-8-12(13)9-1-3-10(4-2-9)18(20,21)22/h1-7,12-13,25H,8H2,(H,23,26)(H,24,27). The van der Waals surface area contributed by atoms with Crippen LogP contribution in [0.5, 0.6) is 5.75 Å². The van der Waals surface area contributed by atoms with E-state index in [9.17, 15) is 27.9 Å². The second kappa shape index (κ2) is 7.11. The highest BCUT2D eigenvalue weighted by atomic mass is 35.5. The van der Waals surface area contributed by atoms with Gasteiger partial charge in [0.2, 0.25) is 5.91 Å². The van der Waals surface area contributed by atoms with Gasteiger partial charge in [-0.3, -0.25) is 20.4 Å². The van der Waals surface area contributed by atoms with Gasteiger partial charge in [-0.05, 0) is 48.2 Å². The molecular formula is C18H14ClF3N2O3. The Kier molecular flexibility index (Phi) is 5.01. The zero-order chi connectivity index (χ0) is 19.8. The van der Waals surface area contributed by atoms with E-state index < -0.39 is 29.5 Å². The molecule has 2 atom stereocenters. The Hall–Kier alpha value is -2.74. The number of aromatic hydroxyl groups is 1. The first-order valence-corrected chi connectivity index (χ1v) is 8.30. The predicted molar refractivity (Wildman–Crippen MR) is 91.0 cm³/mol.